The fraction of sp³-hybridized carbons (Fsp3) is 0.542. The Bertz CT molecular complexity index is 819. The van der Waals surface area contributed by atoms with Gasteiger partial charge in [0.15, 0.2) is 0 Å². The lowest BCUT2D eigenvalue weighted by atomic mass is 9.93. The first-order chi connectivity index (χ1) is 14.7. The molecule has 1 aromatic carbocycles. The number of aromatic nitrogens is 2. The minimum Gasteiger partial charge on any atom is -0.355 e. The van der Waals surface area contributed by atoms with Gasteiger partial charge in [-0.25, -0.2) is 4.98 Å². The third kappa shape index (κ3) is 5.17. The number of hydrogen-bond acceptors (Lipinski definition) is 5. The lowest BCUT2D eigenvalue weighted by Crippen LogP contribution is -2.51. The molecule has 0 radical (unpaired) electrons. The fourth-order valence-electron chi connectivity index (χ4n) is 4.82. The zero-order chi connectivity index (χ0) is 20.8. The molecule has 2 aromatic rings. The minimum absolute atomic E-state index is 0.120. The van der Waals surface area contributed by atoms with Crippen LogP contribution in [0.2, 0.25) is 0 Å². The summed E-state index contributed by atoms with van der Waals surface area (Å²) in [4.78, 5) is 26.5. The molecular weight excluding hydrogens is 374 g/mol. The molecule has 0 bridgehead atoms. The Morgan fingerprint density at radius 2 is 1.83 bits per heavy atom. The van der Waals surface area contributed by atoms with Gasteiger partial charge in [-0.1, -0.05) is 30.3 Å². The molecule has 2 saturated heterocycles. The molecular formula is C24H33N5O. The Morgan fingerprint density at radius 3 is 2.60 bits per heavy atom. The van der Waals surface area contributed by atoms with Crippen LogP contribution in [0.15, 0.2) is 42.7 Å². The number of likely N-dealkylation sites (tertiary alicyclic amines) is 1. The Morgan fingerprint density at radius 1 is 1.07 bits per heavy atom. The van der Waals surface area contributed by atoms with Crippen LogP contribution in [0.3, 0.4) is 0 Å². The quantitative estimate of drug-likeness (QED) is 0.798. The summed E-state index contributed by atoms with van der Waals surface area (Å²) in [5.74, 6) is 1.36. The van der Waals surface area contributed by atoms with E-state index in [2.05, 4.69) is 37.2 Å². The van der Waals surface area contributed by atoms with Crippen LogP contribution in [0.5, 0.6) is 0 Å². The van der Waals surface area contributed by atoms with E-state index in [9.17, 15) is 4.79 Å². The van der Waals surface area contributed by atoms with Crippen molar-refractivity contribution in [2.45, 2.75) is 45.1 Å². The molecule has 1 atom stereocenters. The summed E-state index contributed by atoms with van der Waals surface area (Å²) in [6, 6.07) is 10.9. The first-order valence-corrected chi connectivity index (χ1v) is 11.3. The SMILES string of the molecule is Cc1nccnc1N1CCC(N2CCC[C@@H](C(=O)NCCc3ccccc3)C2)CC1. The van der Waals surface area contributed by atoms with Crippen LogP contribution in [-0.4, -0.2) is 59.5 Å². The van der Waals surface area contributed by atoms with Gasteiger partial charge in [0.1, 0.15) is 5.82 Å². The van der Waals surface area contributed by atoms with E-state index in [1.54, 1.807) is 12.4 Å². The van der Waals surface area contributed by atoms with E-state index in [0.29, 0.717) is 6.04 Å². The Kier molecular flexibility index (Phi) is 6.95. The van der Waals surface area contributed by atoms with Crippen molar-refractivity contribution in [2.24, 2.45) is 5.92 Å². The molecule has 0 aliphatic carbocycles. The molecule has 160 valence electrons. The lowest BCUT2D eigenvalue weighted by Gasteiger charge is -2.42. The number of benzene rings is 1. The van der Waals surface area contributed by atoms with Gasteiger partial charge in [-0.3, -0.25) is 14.7 Å². The van der Waals surface area contributed by atoms with E-state index in [1.807, 2.05) is 25.1 Å². The average Bonchev–Trinajstić information content (AvgIpc) is 2.80. The van der Waals surface area contributed by atoms with Crippen molar-refractivity contribution < 1.29 is 4.79 Å². The highest BCUT2D eigenvalue weighted by atomic mass is 16.1. The number of hydrogen-bond donors (Lipinski definition) is 1. The summed E-state index contributed by atoms with van der Waals surface area (Å²) in [6.45, 7) is 6.77. The summed E-state index contributed by atoms with van der Waals surface area (Å²) in [7, 11) is 0. The molecule has 0 spiro atoms. The lowest BCUT2D eigenvalue weighted by molar-refractivity contribution is -0.127. The number of aryl methyl sites for hydroxylation is 1. The van der Waals surface area contributed by atoms with Crippen molar-refractivity contribution in [3.05, 3.63) is 54.0 Å². The van der Waals surface area contributed by atoms with Crippen LogP contribution in [0.25, 0.3) is 0 Å². The van der Waals surface area contributed by atoms with Gasteiger partial charge in [-0.15, -0.1) is 0 Å². The van der Waals surface area contributed by atoms with Crippen LogP contribution < -0.4 is 10.2 Å². The molecule has 0 unspecified atom stereocenters. The third-order valence-electron chi connectivity index (χ3n) is 6.52. The van der Waals surface area contributed by atoms with Gasteiger partial charge >= 0.3 is 0 Å². The summed E-state index contributed by atoms with van der Waals surface area (Å²) < 4.78 is 0. The van der Waals surface area contributed by atoms with Gasteiger partial charge in [0.2, 0.25) is 5.91 Å². The van der Waals surface area contributed by atoms with E-state index >= 15 is 0 Å². The van der Waals surface area contributed by atoms with Gasteiger partial charge in [0.05, 0.1) is 11.6 Å². The fourth-order valence-corrected chi connectivity index (χ4v) is 4.82. The van der Waals surface area contributed by atoms with Crippen LogP contribution >= 0.6 is 0 Å². The number of amides is 1. The highest BCUT2D eigenvalue weighted by Gasteiger charge is 2.32. The first-order valence-electron chi connectivity index (χ1n) is 11.3. The second-order valence-corrected chi connectivity index (χ2v) is 8.54. The molecule has 2 aliphatic rings. The second kappa shape index (κ2) is 10.0. The first kappa shape index (κ1) is 20.8. The Labute approximate surface area is 179 Å². The molecule has 1 N–H and O–H groups in total. The molecule has 0 saturated carbocycles. The Hall–Kier alpha value is -2.47. The predicted molar refractivity (Wildman–Crippen MR) is 119 cm³/mol. The molecule has 4 rings (SSSR count). The summed E-state index contributed by atoms with van der Waals surface area (Å²) in [5, 5.41) is 3.17. The smallest absolute Gasteiger partial charge is 0.224 e. The summed E-state index contributed by atoms with van der Waals surface area (Å²) >= 11 is 0. The van der Waals surface area contributed by atoms with Crippen molar-refractivity contribution in [1.82, 2.24) is 20.2 Å². The van der Waals surface area contributed by atoms with E-state index in [1.165, 1.54) is 5.56 Å². The molecule has 6 nitrogen and oxygen atoms in total. The van der Waals surface area contributed by atoms with Crippen LogP contribution in [-0.2, 0) is 11.2 Å². The Balaban J connectivity index is 1.24. The van der Waals surface area contributed by atoms with Gasteiger partial charge in [0, 0.05) is 44.6 Å². The number of nitrogens with zero attached hydrogens (tertiary/aromatic N) is 4. The highest BCUT2D eigenvalue weighted by molar-refractivity contribution is 5.79. The minimum atomic E-state index is 0.120. The normalized spacial score (nSPS) is 20.8. The second-order valence-electron chi connectivity index (χ2n) is 8.54. The molecule has 1 amide bonds. The van der Waals surface area contributed by atoms with Gasteiger partial charge in [-0.2, -0.15) is 0 Å². The van der Waals surface area contributed by atoms with Crippen molar-refractivity contribution in [1.29, 1.82) is 0 Å². The van der Waals surface area contributed by atoms with Crippen molar-refractivity contribution in [2.75, 3.05) is 37.6 Å². The van der Waals surface area contributed by atoms with Crippen LogP contribution in [0.4, 0.5) is 5.82 Å². The third-order valence-corrected chi connectivity index (χ3v) is 6.52. The number of anilines is 1. The average molecular weight is 408 g/mol. The number of carbonyl (C=O) groups excluding carboxylic acids is 1. The molecule has 2 fully saturated rings. The standard InChI is InChI=1S/C24H33N5O/c1-19-23(26-14-13-25-19)28-16-10-22(11-17-28)29-15-5-8-21(18-29)24(30)27-12-9-20-6-3-2-4-7-20/h2-4,6-7,13-14,21-22H,5,8-12,15-18H2,1H3,(H,27,30)/t21-/m1/s1. The van der Waals surface area contributed by atoms with E-state index < -0.39 is 0 Å². The molecule has 1 aromatic heterocycles. The van der Waals surface area contributed by atoms with Gasteiger partial charge < -0.3 is 10.2 Å². The van der Waals surface area contributed by atoms with E-state index in [0.717, 1.165) is 76.3 Å². The summed E-state index contributed by atoms with van der Waals surface area (Å²) in [6.07, 6.45) is 8.79. The van der Waals surface area contributed by atoms with Gasteiger partial charge in [0.25, 0.3) is 0 Å². The number of rotatable bonds is 6. The molecule has 6 heteroatoms. The maximum atomic E-state index is 12.7. The van der Waals surface area contributed by atoms with Gasteiger partial charge in [-0.05, 0) is 51.1 Å². The summed E-state index contributed by atoms with van der Waals surface area (Å²) in [5.41, 5.74) is 2.27. The van der Waals surface area contributed by atoms with Crippen LogP contribution in [0.1, 0.15) is 36.9 Å². The predicted octanol–water partition coefficient (Wildman–Crippen LogP) is 2.82. The zero-order valence-electron chi connectivity index (χ0n) is 18.0. The largest absolute Gasteiger partial charge is 0.355 e. The van der Waals surface area contributed by atoms with E-state index in [4.69, 9.17) is 0 Å². The van der Waals surface area contributed by atoms with Crippen molar-refractivity contribution >= 4 is 11.7 Å². The molecule has 3 heterocycles. The van der Waals surface area contributed by atoms with E-state index in [-0.39, 0.29) is 11.8 Å². The zero-order valence-corrected chi connectivity index (χ0v) is 18.0. The highest BCUT2D eigenvalue weighted by Crippen LogP contribution is 2.26. The van der Waals surface area contributed by atoms with Crippen molar-refractivity contribution in [3.63, 3.8) is 0 Å². The topological polar surface area (TPSA) is 61.4 Å². The monoisotopic (exact) mass is 407 g/mol. The maximum Gasteiger partial charge on any atom is 0.224 e. The maximum absolute atomic E-state index is 12.7. The number of carbonyl (C=O) groups is 1. The number of nitrogens with one attached hydrogen (secondary N) is 1. The molecule has 2 aliphatic heterocycles. The number of piperidine rings is 2. The van der Waals surface area contributed by atoms with Crippen LogP contribution in [0, 0.1) is 12.8 Å². The molecule has 30 heavy (non-hydrogen) atoms. The van der Waals surface area contributed by atoms with Crippen molar-refractivity contribution in [3.8, 4) is 0 Å².